The molecule has 0 radical (unpaired) electrons. The molecule has 1 aliphatic rings. The molecular formula is C14H20ClN3O3S. The highest BCUT2D eigenvalue weighted by Gasteiger charge is 2.30. The summed E-state index contributed by atoms with van der Waals surface area (Å²) in [5, 5.41) is 8.22. The fraction of sp³-hybridized carbons (Fsp3) is 0.643. The van der Waals surface area contributed by atoms with Crippen molar-refractivity contribution in [1.29, 1.82) is 0 Å². The Bertz CT molecular complexity index is 559. The van der Waals surface area contributed by atoms with Crippen LogP contribution in [0.4, 0.5) is 4.79 Å². The van der Waals surface area contributed by atoms with Crippen LogP contribution in [0.2, 0.25) is 5.15 Å². The van der Waals surface area contributed by atoms with Crippen molar-refractivity contribution in [1.82, 2.24) is 15.1 Å². The molecule has 1 fully saturated rings. The lowest BCUT2D eigenvalue weighted by molar-refractivity contribution is 0.0289. The van der Waals surface area contributed by atoms with Crippen molar-refractivity contribution in [2.24, 2.45) is 5.92 Å². The van der Waals surface area contributed by atoms with Gasteiger partial charge in [0.15, 0.2) is 5.15 Å². The van der Waals surface area contributed by atoms with Gasteiger partial charge in [0, 0.05) is 18.8 Å². The molecule has 2 atom stereocenters. The minimum absolute atomic E-state index is 0.172. The van der Waals surface area contributed by atoms with E-state index in [4.69, 9.17) is 16.3 Å². The first-order valence-electron chi connectivity index (χ1n) is 7.10. The summed E-state index contributed by atoms with van der Waals surface area (Å²) >= 11 is 5.66. The van der Waals surface area contributed by atoms with Crippen LogP contribution in [0.25, 0.3) is 0 Å². The minimum Gasteiger partial charge on any atom is -0.444 e. The van der Waals surface area contributed by atoms with Crippen LogP contribution in [0, 0.1) is 5.92 Å². The Labute approximate surface area is 137 Å². The first-order valence-corrected chi connectivity index (χ1v) is 8.80. The number of amides is 1. The van der Waals surface area contributed by atoms with E-state index in [9.17, 15) is 9.00 Å². The Morgan fingerprint density at radius 2 is 2.18 bits per heavy atom. The zero-order valence-electron chi connectivity index (χ0n) is 12.9. The second-order valence-electron chi connectivity index (χ2n) is 6.29. The number of halogens is 1. The maximum atomic E-state index is 12.2. The summed E-state index contributed by atoms with van der Waals surface area (Å²) in [5.74, 6) is 0.626. The van der Waals surface area contributed by atoms with Gasteiger partial charge in [-0.15, -0.1) is 10.2 Å². The average Bonchev–Trinajstić information content (AvgIpc) is 2.86. The van der Waals surface area contributed by atoms with Gasteiger partial charge in [-0.3, -0.25) is 4.21 Å². The minimum atomic E-state index is -1.24. The first kappa shape index (κ1) is 17.1. The van der Waals surface area contributed by atoms with Crippen LogP contribution in [0.1, 0.15) is 27.2 Å². The molecule has 1 aromatic heterocycles. The fourth-order valence-corrected chi connectivity index (χ4v) is 3.51. The number of nitrogens with zero attached hydrogens (tertiary/aromatic N) is 3. The molecule has 1 amide bonds. The Hall–Kier alpha value is -1.21. The second-order valence-corrected chi connectivity index (χ2v) is 8.12. The van der Waals surface area contributed by atoms with Gasteiger partial charge in [-0.1, -0.05) is 11.6 Å². The van der Waals surface area contributed by atoms with Crippen LogP contribution in [0.3, 0.4) is 0 Å². The molecule has 0 N–H and O–H groups in total. The van der Waals surface area contributed by atoms with Crippen molar-refractivity contribution >= 4 is 28.5 Å². The van der Waals surface area contributed by atoms with Crippen LogP contribution < -0.4 is 0 Å². The summed E-state index contributed by atoms with van der Waals surface area (Å²) < 4.78 is 17.6. The molecule has 1 aliphatic heterocycles. The molecule has 8 heteroatoms. The van der Waals surface area contributed by atoms with E-state index in [2.05, 4.69) is 10.2 Å². The third-order valence-electron chi connectivity index (χ3n) is 3.17. The van der Waals surface area contributed by atoms with E-state index in [0.29, 0.717) is 23.9 Å². The van der Waals surface area contributed by atoms with E-state index in [1.807, 2.05) is 20.8 Å². The van der Waals surface area contributed by atoms with Crippen molar-refractivity contribution in [3.8, 4) is 0 Å². The van der Waals surface area contributed by atoms with E-state index in [-0.39, 0.29) is 17.2 Å². The van der Waals surface area contributed by atoms with Gasteiger partial charge in [0.1, 0.15) is 10.6 Å². The van der Waals surface area contributed by atoms with Crippen molar-refractivity contribution in [2.75, 3.05) is 18.8 Å². The molecule has 0 saturated carbocycles. The summed E-state index contributed by atoms with van der Waals surface area (Å²) in [4.78, 5) is 13.7. The molecule has 0 bridgehead atoms. The lowest BCUT2D eigenvalue weighted by Crippen LogP contribution is -2.35. The zero-order chi connectivity index (χ0) is 16.3. The maximum absolute atomic E-state index is 12.2. The number of likely N-dealkylation sites (tertiary alicyclic amines) is 1. The highest BCUT2D eigenvalue weighted by Crippen LogP contribution is 2.21. The molecule has 0 aliphatic carbocycles. The molecule has 122 valence electrons. The summed E-state index contributed by atoms with van der Waals surface area (Å²) in [5.41, 5.74) is -0.503. The van der Waals surface area contributed by atoms with Gasteiger partial charge in [-0.25, -0.2) is 4.79 Å². The molecular weight excluding hydrogens is 326 g/mol. The van der Waals surface area contributed by atoms with Crippen LogP contribution in [-0.4, -0.2) is 49.8 Å². The normalized spacial score (nSPS) is 20.0. The summed E-state index contributed by atoms with van der Waals surface area (Å²) in [6.45, 7) is 6.71. The number of ether oxygens (including phenoxy) is 1. The highest BCUT2D eigenvalue weighted by molar-refractivity contribution is 7.84. The van der Waals surface area contributed by atoms with Gasteiger partial charge >= 0.3 is 6.09 Å². The Balaban J connectivity index is 1.87. The number of aromatic nitrogens is 2. The van der Waals surface area contributed by atoms with E-state index < -0.39 is 16.4 Å². The molecule has 1 aromatic rings. The molecule has 0 aromatic carbocycles. The second kappa shape index (κ2) is 6.91. The van der Waals surface area contributed by atoms with Crippen molar-refractivity contribution < 1.29 is 13.7 Å². The third-order valence-corrected chi connectivity index (χ3v) is 4.83. The standard InChI is InChI=1S/C14H20ClN3O3S/c1-14(2,3)21-13(19)18-7-6-10(8-18)9-22(20)12-5-4-11(15)16-17-12/h4-5,10H,6-9H2,1-3H3/t10-,22+/m1/s1. The molecule has 2 rings (SSSR count). The number of carbonyl (C=O) groups excluding carboxylic acids is 1. The van der Waals surface area contributed by atoms with Crippen LogP contribution >= 0.6 is 11.6 Å². The van der Waals surface area contributed by atoms with Crippen molar-refractivity contribution in [3.63, 3.8) is 0 Å². The smallest absolute Gasteiger partial charge is 0.410 e. The van der Waals surface area contributed by atoms with Crippen LogP contribution in [0.5, 0.6) is 0 Å². The quantitative estimate of drug-likeness (QED) is 0.841. The highest BCUT2D eigenvalue weighted by atomic mass is 35.5. The number of hydrogen-bond donors (Lipinski definition) is 0. The Morgan fingerprint density at radius 1 is 1.45 bits per heavy atom. The first-order chi connectivity index (χ1) is 10.2. The third kappa shape index (κ3) is 4.91. The zero-order valence-corrected chi connectivity index (χ0v) is 14.5. The van der Waals surface area contributed by atoms with Gasteiger partial charge in [-0.05, 0) is 45.2 Å². The largest absolute Gasteiger partial charge is 0.444 e. The van der Waals surface area contributed by atoms with Crippen molar-refractivity contribution in [2.45, 2.75) is 37.8 Å². The fourth-order valence-electron chi connectivity index (χ4n) is 2.19. The maximum Gasteiger partial charge on any atom is 0.410 e. The lowest BCUT2D eigenvalue weighted by atomic mass is 10.2. The molecule has 6 nitrogen and oxygen atoms in total. The van der Waals surface area contributed by atoms with Gasteiger partial charge in [0.05, 0.1) is 10.8 Å². The van der Waals surface area contributed by atoms with E-state index in [1.54, 1.807) is 17.0 Å². The van der Waals surface area contributed by atoms with E-state index >= 15 is 0 Å². The molecule has 0 spiro atoms. The van der Waals surface area contributed by atoms with Gasteiger partial charge < -0.3 is 9.64 Å². The SMILES string of the molecule is CC(C)(C)OC(=O)N1CC[C@@H](C[S@](=O)c2ccc(Cl)nn2)C1. The summed E-state index contributed by atoms with van der Waals surface area (Å²) in [6.07, 6.45) is 0.499. The average molecular weight is 346 g/mol. The topological polar surface area (TPSA) is 72.4 Å². The van der Waals surface area contributed by atoms with E-state index in [1.165, 1.54) is 0 Å². The number of rotatable bonds is 3. The van der Waals surface area contributed by atoms with Gasteiger partial charge in [0.25, 0.3) is 0 Å². The summed E-state index contributed by atoms with van der Waals surface area (Å²) in [7, 11) is -1.24. The number of carbonyl (C=O) groups is 1. The van der Waals surface area contributed by atoms with Gasteiger partial charge in [0.2, 0.25) is 0 Å². The molecule has 2 heterocycles. The van der Waals surface area contributed by atoms with E-state index in [0.717, 1.165) is 6.42 Å². The number of hydrogen-bond acceptors (Lipinski definition) is 5. The summed E-state index contributed by atoms with van der Waals surface area (Å²) in [6, 6.07) is 3.19. The monoisotopic (exact) mass is 345 g/mol. The predicted molar refractivity (Wildman–Crippen MR) is 84.2 cm³/mol. The van der Waals surface area contributed by atoms with Gasteiger partial charge in [-0.2, -0.15) is 0 Å². The predicted octanol–water partition coefficient (Wildman–Crippen LogP) is 2.49. The van der Waals surface area contributed by atoms with Crippen LogP contribution in [0.15, 0.2) is 17.2 Å². The van der Waals surface area contributed by atoms with Crippen molar-refractivity contribution in [3.05, 3.63) is 17.3 Å². The molecule has 1 saturated heterocycles. The lowest BCUT2D eigenvalue weighted by Gasteiger charge is -2.24. The molecule has 22 heavy (non-hydrogen) atoms. The Kier molecular flexibility index (Phi) is 5.39. The van der Waals surface area contributed by atoms with Crippen LogP contribution in [-0.2, 0) is 15.5 Å². The Morgan fingerprint density at radius 3 is 2.77 bits per heavy atom. The molecule has 0 unspecified atom stereocenters.